The zero-order chi connectivity index (χ0) is 20.3. The predicted molar refractivity (Wildman–Crippen MR) is 110 cm³/mol. The lowest BCUT2D eigenvalue weighted by Crippen LogP contribution is -2.34. The molecule has 0 aliphatic rings. The number of aryl methyl sites for hydroxylation is 1. The van der Waals surface area contributed by atoms with E-state index in [0.29, 0.717) is 11.7 Å². The minimum Gasteiger partial charge on any atom is -0.494 e. The smallest absolute Gasteiger partial charge is 0.243 e. The second-order valence-corrected chi connectivity index (χ2v) is 9.28. The second kappa shape index (κ2) is 8.26. The van der Waals surface area contributed by atoms with Gasteiger partial charge in [-0.25, -0.2) is 13.4 Å². The fourth-order valence-electron chi connectivity index (χ4n) is 2.55. The third-order valence-corrected chi connectivity index (χ3v) is 6.76. The highest BCUT2D eigenvalue weighted by Gasteiger charge is 2.23. The lowest BCUT2D eigenvalue weighted by Gasteiger charge is -2.16. The molecule has 0 fully saturated rings. The molecular weight excluding hydrogens is 398 g/mol. The number of benzene rings is 2. The van der Waals surface area contributed by atoms with Crippen LogP contribution in [0.1, 0.15) is 12.5 Å². The molecule has 1 aromatic heterocycles. The third-order valence-electron chi connectivity index (χ3n) is 4.01. The van der Waals surface area contributed by atoms with Crippen molar-refractivity contribution in [2.24, 2.45) is 0 Å². The van der Waals surface area contributed by atoms with Crippen molar-refractivity contribution in [1.82, 2.24) is 9.29 Å². The first-order chi connectivity index (χ1) is 13.3. The number of amides is 1. The van der Waals surface area contributed by atoms with Gasteiger partial charge in [0.25, 0.3) is 0 Å². The number of anilines is 1. The topological polar surface area (TPSA) is 88.6 Å². The Hall–Kier alpha value is -2.49. The van der Waals surface area contributed by atoms with E-state index >= 15 is 0 Å². The van der Waals surface area contributed by atoms with Gasteiger partial charge in [-0.1, -0.05) is 29.0 Å². The SMILES string of the molecule is CCOc1ccc2nc(NC(=O)CN(C)S(=O)(=O)c3ccc(C)cc3)sc2c1. The lowest BCUT2D eigenvalue weighted by atomic mass is 10.2. The number of thiazole rings is 1. The van der Waals surface area contributed by atoms with Crippen LogP contribution >= 0.6 is 11.3 Å². The van der Waals surface area contributed by atoms with Crippen molar-refractivity contribution in [2.45, 2.75) is 18.7 Å². The molecule has 9 heteroatoms. The first kappa shape index (κ1) is 20.2. The van der Waals surface area contributed by atoms with Gasteiger partial charge in [0.2, 0.25) is 15.9 Å². The number of aromatic nitrogens is 1. The van der Waals surface area contributed by atoms with E-state index < -0.39 is 15.9 Å². The minimum absolute atomic E-state index is 0.150. The van der Waals surface area contributed by atoms with E-state index in [0.717, 1.165) is 25.8 Å². The standard InChI is InChI=1S/C19H21N3O4S2/c1-4-26-14-7-10-16-17(11-14)27-19(20-16)21-18(23)12-22(3)28(24,25)15-8-5-13(2)6-9-15/h5-11H,4,12H2,1-3H3,(H,20,21,23). The summed E-state index contributed by atoms with van der Waals surface area (Å²) in [6.45, 7) is 4.04. The Bertz CT molecular complexity index is 1090. The molecule has 0 saturated carbocycles. The van der Waals surface area contributed by atoms with E-state index in [1.807, 2.05) is 32.0 Å². The van der Waals surface area contributed by atoms with Crippen LogP contribution in [0.15, 0.2) is 47.4 Å². The van der Waals surface area contributed by atoms with Gasteiger partial charge in [-0.2, -0.15) is 4.31 Å². The zero-order valence-corrected chi connectivity index (χ0v) is 17.4. The largest absolute Gasteiger partial charge is 0.494 e. The maximum absolute atomic E-state index is 12.6. The van der Waals surface area contributed by atoms with Gasteiger partial charge < -0.3 is 10.1 Å². The first-order valence-electron chi connectivity index (χ1n) is 8.66. The number of sulfonamides is 1. The molecule has 1 N–H and O–H groups in total. The van der Waals surface area contributed by atoms with Gasteiger partial charge in [-0.05, 0) is 44.2 Å². The summed E-state index contributed by atoms with van der Waals surface area (Å²) in [5.74, 6) is 0.280. The summed E-state index contributed by atoms with van der Waals surface area (Å²) in [7, 11) is -2.36. The van der Waals surface area contributed by atoms with Crippen molar-refractivity contribution in [3.63, 3.8) is 0 Å². The molecule has 0 bridgehead atoms. The molecule has 28 heavy (non-hydrogen) atoms. The van der Waals surface area contributed by atoms with E-state index in [1.54, 1.807) is 12.1 Å². The molecule has 2 aromatic carbocycles. The Kier molecular flexibility index (Phi) is 5.97. The van der Waals surface area contributed by atoms with Crippen LogP contribution in [0.4, 0.5) is 5.13 Å². The summed E-state index contributed by atoms with van der Waals surface area (Å²) in [5.41, 5.74) is 1.70. The molecule has 0 radical (unpaired) electrons. The number of ether oxygens (including phenoxy) is 1. The van der Waals surface area contributed by atoms with Crippen molar-refractivity contribution in [3.05, 3.63) is 48.0 Å². The molecule has 3 rings (SSSR count). The predicted octanol–water partition coefficient (Wildman–Crippen LogP) is 3.26. The molecule has 3 aromatic rings. The van der Waals surface area contributed by atoms with E-state index in [1.165, 1.54) is 30.5 Å². The van der Waals surface area contributed by atoms with E-state index in [2.05, 4.69) is 10.3 Å². The maximum Gasteiger partial charge on any atom is 0.243 e. The Labute approximate surface area is 168 Å². The summed E-state index contributed by atoms with van der Waals surface area (Å²) in [5, 5.41) is 3.08. The monoisotopic (exact) mass is 419 g/mol. The van der Waals surface area contributed by atoms with Crippen LogP contribution in [0, 0.1) is 6.92 Å². The molecule has 7 nitrogen and oxygen atoms in total. The number of fused-ring (bicyclic) bond motifs is 1. The first-order valence-corrected chi connectivity index (χ1v) is 10.9. The van der Waals surface area contributed by atoms with Gasteiger partial charge in [0.1, 0.15) is 5.75 Å². The van der Waals surface area contributed by atoms with Crippen molar-refractivity contribution in [3.8, 4) is 5.75 Å². The molecule has 0 aliphatic carbocycles. The number of carbonyl (C=O) groups excluding carboxylic acids is 1. The second-order valence-electron chi connectivity index (χ2n) is 6.20. The molecular formula is C19H21N3O4S2. The number of nitrogens with zero attached hydrogens (tertiary/aromatic N) is 2. The van der Waals surface area contributed by atoms with Gasteiger partial charge >= 0.3 is 0 Å². The van der Waals surface area contributed by atoms with Crippen molar-refractivity contribution in [2.75, 3.05) is 25.5 Å². The highest BCUT2D eigenvalue weighted by Crippen LogP contribution is 2.29. The average molecular weight is 420 g/mol. The average Bonchev–Trinajstić information content (AvgIpc) is 3.03. The van der Waals surface area contributed by atoms with E-state index in [-0.39, 0.29) is 11.4 Å². The third kappa shape index (κ3) is 4.49. The van der Waals surface area contributed by atoms with E-state index in [9.17, 15) is 13.2 Å². The fraction of sp³-hybridized carbons (Fsp3) is 0.263. The minimum atomic E-state index is -3.74. The summed E-state index contributed by atoms with van der Waals surface area (Å²) >= 11 is 1.31. The number of hydrogen-bond acceptors (Lipinski definition) is 6. The normalized spacial score (nSPS) is 11.7. The van der Waals surface area contributed by atoms with Gasteiger partial charge in [-0.15, -0.1) is 0 Å². The Morgan fingerprint density at radius 3 is 2.61 bits per heavy atom. The van der Waals surface area contributed by atoms with Crippen molar-refractivity contribution < 1.29 is 17.9 Å². The van der Waals surface area contributed by atoms with Gasteiger partial charge in [0.15, 0.2) is 5.13 Å². The van der Waals surface area contributed by atoms with E-state index in [4.69, 9.17) is 4.74 Å². The molecule has 0 saturated heterocycles. The quantitative estimate of drug-likeness (QED) is 0.635. The van der Waals surface area contributed by atoms with Gasteiger partial charge in [0, 0.05) is 7.05 Å². The summed E-state index contributed by atoms with van der Waals surface area (Å²) in [4.78, 5) is 16.8. The summed E-state index contributed by atoms with van der Waals surface area (Å²) in [6, 6.07) is 12.0. The van der Waals surface area contributed by atoms with Gasteiger partial charge in [0.05, 0.1) is 28.3 Å². The van der Waals surface area contributed by atoms with Crippen LogP contribution in [0.3, 0.4) is 0 Å². The Morgan fingerprint density at radius 1 is 1.21 bits per heavy atom. The molecule has 148 valence electrons. The summed E-state index contributed by atoms with van der Waals surface area (Å²) in [6.07, 6.45) is 0. The van der Waals surface area contributed by atoms with Crippen LogP contribution < -0.4 is 10.1 Å². The molecule has 0 unspecified atom stereocenters. The zero-order valence-electron chi connectivity index (χ0n) is 15.8. The van der Waals surface area contributed by atoms with Crippen LogP contribution in [-0.4, -0.2) is 43.8 Å². The Balaban J connectivity index is 1.69. The molecule has 0 spiro atoms. The number of rotatable bonds is 7. The number of hydrogen-bond donors (Lipinski definition) is 1. The molecule has 0 aliphatic heterocycles. The van der Waals surface area contributed by atoms with Crippen LogP contribution in [-0.2, 0) is 14.8 Å². The number of nitrogens with one attached hydrogen (secondary N) is 1. The lowest BCUT2D eigenvalue weighted by molar-refractivity contribution is -0.116. The molecule has 0 atom stereocenters. The Morgan fingerprint density at radius 2 is 1.93 bits per heavy atom. The van der Waals surface area contributed by atoms with Gasteiger partial charge in [-0.3, -0.25) is 4.79 Å². The highest BCUT2D eigenvalue weighted by molar-refractivity contribution is 7.89. The van der Waals surface area contributed by atoms with Crippen molar-refractivity contribution >= 4 is 42.6 Å². The maximum atomic E-state index is 12.6. The van der Waals surface area contributed by atoms with Crippen LogP contribution in [0.25, 0.3) is 10.2 Å². The number of likely N-dealkylation sites (N-methyl/N-ethyl adjacent to an activating group) is 1. The highest BCUT2D eigenvalue weighted by atomic mass is 32.2. The molecule has 1 amide bonds. The fourth-order valence-corrected chi connectivity index (χ4v) is 4.59. The van der Waals surface area contributed by atoms with Crippen LogP contribution in [0.2, 0.25) is 0 Å². The van der Waals surface area contributed by atoms with Crippen LogP contribution in [0.5, 0.6) is 5.75 Å². The summed E-state index contributed by atoms with van der Waals surface area (Å²) < 4.78 is 32.5. The number of carbonyl (C=O) groups is 1. The molecule has 1 heterocycles. The van der Waals surface area contributed by atoms with Crippen molar-refractivity contribution in [1.29, 1.82) is 0 Å².